The monoisotopic (exact) mass is 582 g/mol. The van der Waals surface area contributed by atoms with E-state index in [1.165, 1.54) is 19.3 Å². The van der Waals surface area contributed by atoms with Crippen molar-refractivity contribution in [2.24, 2.45) is 0 Å². The van der Waals surface area contributed by atoms with Crippen LogP contribution in [-0.4, -0.2) is 23.1 Å². The molecule has 1 unspecified atom stereocenters. The van der Waals surface area contributed by atoms with Crippen LogP contribution in [0.15, 0.2) is 72.9 Å². The number of hydrogen-bond acceptors (Lipinski definition) is 3. The highest BCUT2D eigenvalue weighted by molar-refractivity contribution is 5.69. The Labute approximate surface area is 258 Å². The molecule has 0 fully saturated rings. The van der Waals surface area contributed by atoms with Crippen molar-refractivity contribution < 1.29 is 19.4 Å². The highest BCUT2D eigenvalue weighted by atomic mass is 16.5. The third-order valence-corrected chi connectivity index (χ3v) is 6.90. The van der Waals surface area contributed by atoms with Crippen LogP contribution < -0.4 is 0 Å². The quantitative estimate of drug-likeness (QED) is 0.0541. The van der Waals surface area contributed by atoms with Gasteiger partial charge in [-0.2, -0.15) is 0 Å². The highest BCUT2D eigenvalue weighted by Crippen LogP contribution is 2.14. The highest BCUT2D eigenvalue weighted by Gasteiger charge is 2.11. The lowest BCUT2D eigenvalue weighted by Gasteiger charge is -2.14. The Balaban J connectivity index is 4.13. The van der Waals surface area contributed by atoms with Gasteiger partial charge in [-0.05, 0) is 89.5 Å². The Morgan fingerprint density at radius 2 is 1.07 bits per heavy atom. The Morgan fingerprint density at radius 3 is 1.67 bits per heavy atom. The van der Waals surface area contributed by atoms with Crippen LogP contribution in [-0.2, 0) is 14.3 Å². The average molecular weight is 583 g/mol. The molecule has 238 valence electrons. The second-order valence-electron chi connectivity index (χ2n) is 11.0. The van der Waals surface area contributed by atoms with E-state index in [9.17, 15) is 9.59 Å². The van der Waals surface area contributed by atoms with Crippen molar-refractivity contribution in [2.75, 3.05) is 0 Å². The van der Waals surface area contributed by atoms with E-state index in [1.807, 2.05) is 6.08 Å². The van der Waals surface area contributed by atoms with Crippen molar-refractivity contribution in [2.45, 2.75) is 155 Å². The third kappa shape index (κ3) is 31.9. The van der Waals surface area contributed by atoms with Gasteiger partial charge in [-0.25, -0.2) is 0 Å². The second kappa shape index (κ2) is 32.9. The maximum absolute atomic E-state index is 12.5. The van der Waals surface area contributed by atoms with Crippen LogP contribution in [0, 0.1) is 0 Å². The molecule has 0 aromatic rings. The van der Waals surface area contributed by atoms with Crippen molar-refractivity contribution in [3.05, 3.63) is 72.9 Å². The van der Waals surface area contributed by atoms with E-state index in [0.29, 0.717) is 12.8 Å². The molecule has 0 heterocycles. The van der Waals surface area contributed by atoms with Gasteiger partial charge in [-0.1, -0.05) is 119 Å². The minimum atomic E-state index is -0.734. The first-order chi connectivity index (χ1) is 20.6. The minimum absolute atomic E-state index is 0.107. The fourth-order valence-corrected chi connectivity index (χ4v) is 4.42. The number of ether oxygens (including phenoxy) is 1. The molecular weight excluding hydrogens is 520 g/mol. The number of carboxylic acids is 1. The molecular formula is C38H62O4. The predicted molar refractivity (Wildman–Crippen MR) is 181 cm³/mol. The molecule has 42 heavy (non-hydrogen) atoms. The summed E-state index contributed by atoms with van der Waals surface area (Å²) < 4.78 is 5.82. The van der Waals surface area contributed by atoms with Crippen LogP contribution >= 0.6 is 0 Å². The van der Waals surface area contributed by atoms with E-state index in [4.69, 9.17) is 9.84 Å². The summed E-state index contributed by atoms with van der Waals surface area (Å²) in [4.78, 5) is 23.2. The number of unbranched alkanes of at least 4 members (excludes halogenated alkanes) is 10. The Kier molecular flexibility index (Phi) is 30.8. The smallest absolute Gasteiger partial charge is 0.306 e. The maximum atomic E-state index is 12.5. The molecule has 0 aromatic carbocycles. The van der Waals surface area contributed by atoms with Gasteiger partial charge in [0, 0.05) is 12.8 Å². The normalized spacial score (nSPS) is 13.2. The molecule has 0 rings (SSSR count). The Hall–Kier alpha value is -2.62. The molecule has 4 nitrogen and oxygen atoms in total. The van der Waals surface area contributed by atoms with Crippen LogP contribution in [0.25, 0.3) is 0 Å². The van der Waals surface area contributed by atoms with Gasteiger partial charge >= 0.3 is 11.9 Å². The van der Waals surface area contributed by atoms with E-state index >= 15 is 0 Å². The molecule has 0 aliphatic heterocycles. The fourth-order valence-electron chi connectivity index (χ4n) is 4.42. The number of aliphatic carboxylic acids is 1. The van der Waals surface area contributed by atoms with Crippen molar-refractivity contribution >= 4 is 11.9 Å². The van der Waals surface area contributed by atoms with E-state index in [0.717, 1.165) is 96.3 Å². The van der Waals surface area contributed by atoms with E-state index < -0.39 is 5.97 Å². The predicted octanol–water partition coefficient (Wildman–Crippen LogP) is 11.6. The number of esters is 1. The SMILES string of the molecule is CC/C=C\C/C=C\C/C=C\C/C=C\CCCCCCC(=O)OC(/C=C\C/C=C\CCCCC)CCCCCCC(=O)O. The molecule has 1 atom stereocenters. The standard InChI is InChI=1S/C38H62O4/c1-3-5-7-9-11-13-14-15-16-17-18-19-20-21-23-25-31-35-38(41)42-36(33-29-26-27-30-34-37(39)40)32-28-24-22-12-10-8-6-4-2/h5,7,11-13,15-16,18-19,22,28,32,36H,3-4,6,8-10,14,17,20-21,23-27,29-31,33-35H2,1-2H3,(H,39,40)/b7-5-,13-11-,16-15-,19-18-,22-12-,32-28-. The van der Waals surface area contributed by atoms with Gasteiger partial charge in [0.25, 0.3) is 0 Å². The number of hydrogen-bond donors (Lipinski definition) is 1. The summed E-state index contributed by atoms with van der Waals surface area (Å²) in [6, 6.07) is 0. The molecule has 0 aromatic heterocycles. The number of carboxylic acid groups (broad SMARTS) is 1. The number of rotatable bonds is 29. The molecule has 0 radical (unpaired) electrons. The lowest BCUT2D eigenvalue weighted by Crippen LogP contribution is -2.16. The number of allylic oxidation sites excluding steroid dienone is 11. The molecule has 4 heteroatoms. The molecule has 0 bridgehead atoms. The van der Waals surface area contributed by atoms with Crippen LogP contribution in [0.3, 0.4) is 0 Å². The molecule has 0 saturated carbocycles. The van der Waals surface area contributed by atoms with Gasteiger partial charge in [0.15, 0.2) is 0 Å². The molecule has 0 aliphatic carbocycles. The summed E-state index contributed by atoms with van der Waals surface area (Å²) in [6.07, 6.45) is 46.3. The summed E-state index contributed by atoms with van der Waals surface area (Å²) >= 11 is 0. The van der Waals surface area contributed by atoms with Gasteiger partial charge in [0.1, 0.15) is 6.10 Å². The second-order valence-corrected chi connectivity index (χ2v) is 11.0. The largest absolute Gasteiger partial charge is 0.481 e. The Bertz CT molecular complexity index is 800. The van der Waals surface area contributed by atoms with Crippen molar-refractivity contribution in [1.29, 1.82) is 0 Å². The zero-order chi connectivity index (χ0) is 30.8. The lowest BCUT2D eigenvalue weighted by atomic mass is 10.1. The van der Waals surface area contributed by atoms with Gasteiger partial charge in [0.2, 0.25) is 0 Å². The third-order valence-electron chi connectivity index (χ3n) is 6.90. The van der Waals surface area contributed by atoms with Gasteiger partial charge in [-0.3, -0.25) is 9.59 Å². The van der Waals surface area contributed by atoms with Crippen LogP contribution in [0.1, 0.15) is 149 Å². The first-order valence-corrected chi connectivity index (χ1v) is 16.9. The minimum Gasteiger partial charge on any atom is -0.481 e. The number of carbonyl (C=O) groups is 2. The molecule has 0 saturated heterocycles. The van der Waals surface area contributed by atoms with Crippen molar-refractivity contribution in [3.63, 3.8) is 0 Å². The van der Waals surface area contributed by atoms with Gasteiger partial charge in [0.05, 0.1) is 0 Å². The number of carbonyl (C=O) groups excluding carboxylic acids is 1. The molecule has 0 amide bonds. The summed E-state index contributed by atoms with van der Waals surface area (Å²) in [7, 11) is 0. The topological polar surface area (TPSA) is 63.6 Å². The van der Waals surface area contributed by atoms with Crippen LogP contribution in [0.5, 0.6) is 0 Å². The molecule has 0 spiro atoms. The summed E-state index contributed by atoms with van der Waals surface area (Å²) in [5.74, 6) is -0.841. The average Bonchev–Trinajstić information content (AvgIpc) is 2.97. The molecule has 1 N–H and O–H groups in total. The van der Waals surface area contributed by atoms with Crippen molar-refractivity contribution in [3.8, 4) is 0 Å². The first kappa shape index (κ1) is 39.4. The van der Waals surface area contributed by atoms with E-state index in [-0.39, 0.29) is 18.5 Å². The van der Waals surface area contributed by atoms with E-state index in [2.05, 4.69) is 80.7 Å². The Morgan fingerprint density at radius 1 is 0.571 bits per heavy atom. The zero-order valence-corrected chi connectivity index (χ0v) is 27.0. The van der Waals surface area contributed by atoms with Crippen LogP contribution in [0.4, 0.5) is 0 Å². The maximum Gasteiger partial charge on any atom is 0.306 e. The summed E-state index contributed by atoms with van der Waals surface area (Å²) in [6.45, 7) is 4.37. The zero-order valence-electron chi connectivity index (χ0n) is 27.0. The molecule has 0 aliphatic rings. The fraction of sp³-hybridized carbons (Fsp3) is 0.632. The van der Waals surface area contributed by atoms with E-state index in [1.54, 1.807) is 0 Å². The summed E-state index contributed by atoms with van der Waals surface area (Å²) in [5, 5.41) is 8.79. The van der Waals surface area contributed by atoms with Gasteiger partial charge < -0.3 is 9.84 Å². The summed E-state index contributed by atoms with van der Waals surface area (Å²) in [5.41, 5.74) is 0. The lowest BCUT2D eigenvalue weighted by molar-refractivity contribution is -0.147. The van der Waals surface area contributed by atoms with Gasteiger partial charge in [-0.15, -0.1) is 0 Å². The first-order valence-electron chi connectivity index (χ1n) is 16.9. The van der Waals surface area contributed by atoms with Crippen LogP contribution in [0.2, 0.25) is 0 Å². The van der Waals surface area contributed by atoms with Crippen molar-refractivity contribution in [1.82, 2.24) is 0 Å².